The predicted octanol–water partition coefficient (Wildman–Crippen LogP) is 0.900. The molecule has 0 unspecified atom stereocenters. The van der Waals surface area contributed by atoms with Crippen molar-refractivity contribution in [2.24, 2.45) is 0 Å². The Morgan fingerprint density at radius 1 is 1.04 bits per heavy atom. The molecule has 1 aromatic rings. The number of nitrogens with one attached hydrogen (secondary N) is 2. The van der Waals surface area contributed by atoms with E-state index in [0.717, 1.165) is 0 Å². The monoisotopic (exact) mass is 366 g/mol. The Labute approximate surface area is 151 Å². The van der Waals surface area contributed by atoms with Crippen molar-refractivity contribution in [3.63, 3.8) is 0 Å². The normalized spacial score (nSPS) is 12.6. The number of halogens is 1. The minimum Gasteiger partial charge on any atom is -0.467 e. The zero-order chi connectivity index (χ0) is 19.7. The van der Waals surface area contributed by atoms with Gasteiger partial charge in [0.25, 0.3) is 0 Å². The molecule has 2 N–H and O–H groups in total. The summed E-state index contributed by atoms with van der Waals surface area (Å²) in [6.45, 7) is 2.64. The highest BCUT2D eigenvalue weighted by molar-refractivity contribution is 5.90. The highest BCUT2D eigenvalue weighted by Crippen LogP contribution is 2.08. The first-order valence-corrected chi connectivity index (χ1v) is 8.12. The van der Waals surface area contributed by atoms with E-state index in [-0.39, 0.29) is 25.0 Å². The number of ether oxygens (including phenoxy) is 1. The number of hydrogen-bond acceptors (Lipinski definition) is 5. The van der Waals surface area contributed by atoms with Crippen LogP contribution in [-0.4, -0.2) is 42.8 Å². The number of methoxy groups -OCH3 is 1. The van der Waals surface area contributed by atoms with Gasteiger partial charge in [-0.15, -0.1) is 0 Å². The fourth-order valence-corrected chi connectivity index (χ4v) is 2.32. The maximum absolute atomic E-state index is 13.0. The van der Waals surface area contributed by atoms with Gasteiger partial charge in [-0.3, -0.25) is 9.59 Å². The Balaban J connectivity index is 2.87. The largest absolute Gasteiger partial charge is 0.467 e. The van der Waals surface area contributed by atoms with Gasteiger partial charge in [0, 0.05) is 19.8 Å². The number of benzene rings is 1. The van der Waals surface area contributed by atoms with Gasteiger partial charge in [-0.1, -0.05) is 12.1 Å². The van der Waals surface area contributed by atoms with Crippen LogP contribution in [0.25, 0.3) is 0 Å². The summed E-state index contributed by atoms with van der Waals surface area (Å²) in [6.07, 6.45) is 0.312. The molecular weight excluding hydrogens is 343 g/mol. The molecule has 0 saturated carbocycles. The molecule has 26 heavy (non-hydrogen) atoms. The van der Waals surface area contributed by atoms with E-state index in [0.29, 0.717) is 5.56 Å². The molecule has 0 heterocycles. The van der Waals surface area contributed by atoms with Gasteiger partial charge in [0.05, 0.1) is 7.11 Å². The molecule has 142 valence electrons. The fraction of sp³-hybridized carbons (Fsp3) is 0.444. The summed E-state index contributed by atoms with van der Waals surface area (Å²) in [7, 11) is 1.18. The van der Waals surface area contributed by atoms with Crippen LogP contribution in [0.1, 0.15) is 32.3 Å². The van der Waals surface area contributed by atoms with E-state index in [1.807, 2.05) is 0 Å². The van der Waals surface area contributed by atoms with Crippen LogP contribution in [0, 0.1) is 5.82 Å². The molecule has 0 aliphatic carbocycles. The SMILES string of the molecule is COC(=O)[C@H](CCC(C)=O)NC(=O)[C@@H](Cc1ccc(F)cc1)NC(C)=O. The number of ketones is 1. The summed E-state index contributed by atoms with van der Waals surface area (Å²) in [5.41, 5.74) is 0.638. The number of rotatable bonds is 9. The second-order valence-electron chi connectivity index (χ2n) is 5.91. The summed E-state index contributed by atoms with van der Waals surface area (Å²) in [4.78, 5) is 46.9. The van der Waals surface area contributed by atoms with Crippen LogP contribution in [0.15, 0.2) is 24.3 Å². The van der Waals surface area contributed by atoms with Gasteiger partial charge in [-0.2, -0.15) is 0 Å². The molecule has 0 fully saturated rings. The Hall–Kier alpha value is -2.77. The number of hydrogen-bond donors (Lipinski definition) is 2. The number of carbonyl (C=O) groups excluding carboxylic acids is 4. The molecule has 0 spiro atoms. The van der Waals surface area contributed by atoms with Gasteiger partial charge >= 0.3 is 5.97 Å². The number of carbonyl (C=O) groups is 4. The molecule has 0 saturated heterocycles. The second kappa shape index (κ2) is 10.3. The summed E-state index contributed by atoms with van der Waals surface area (Å²) in [6, 6.07) is 3.56. The Bertz CT molecular complexity index is 660. The number of esters is 1. The van der Waals surface area contributed by atoms with E-state index in [4.69, 9.17) is 0 Å². The topological polar surface area (TPSA) is 102 Å². The van der Waals surface area contributed by atoms with E-state index in [9.17, 15) is 23.6 Å². The standard InChI is InChI=1S/C18H23FN2O5/c1-11(22)4-9-15(18(25)26-3)21-17(24)16(20-12(2)23)10-13-5-7-14(19)8-6-13/h5-8,15-16H,4,9-10H2,1-3H3,(H,20,23)(H,21,24)/t15-,16+/m0/s1. The first kappa shape index (κ1) is 21.3. The van der Waals surface area contributed by atoms with Crippen molar-refractivity contribution in [1.82, 2.24) is 10.6 Å². The Morgan fingerprint density at radius 3 is 2.15 bits per heavy atom. The van der Waals surface area contributed by atoms with Gasteiger partial charge in [-0.05, 0) is 31.0 Å². The van der Waals surface area contributed by atoms with Crippen molar-refractivity contribution >= 4 is 23.6 Å². The summed E-state index contributed by atoms with van der Waals surface area (Å²) >= 11 is 0. The Morgan fingerprint density at radius 2 is 1.65 bits per heavy atom. The minimum atomic E-state index is -0.999. The van der Waals surface area contributed by atoms with Crippen molar-refractivity contribution in [1.29, 1.82) is 0 Å². The zero-order valence-corrected chi connectivity index (χ0v) is 15.0. The highest BCUT2D eigenvalue weighted by atomic mass is 19.1. The zero-order valence-electron chi connectivity index (χ0n) is 15.0. The molecule has 0 aromatic heterocycles. The molecule has 1 rings (SSSR count). The van der Waals surface area contributed by atoms with Crippen LogP contribution in [0.5, 0.6) is 0 Å². The van der Waals surface area contributed by atoms with Crippen molar-refractivity contribution < 1.29 is 28.3 Å². The molecule has 0 aliphatic heterocycles. The summed E-state index contributed by atoms with van der Waals surface area (Å²) < 4.78 is 17.7. The van der Waals surface area contributed by atoms with Gasteiger partial charge in [0.1, 0.15) is 23.7 Å². The highest BCUT2D eigenvalue weighted by Gasteiger charge is 2.27. The van der Waals surface area contributed by atoms with Crippen molar-refractivity contribution in [2.75, 3.05) is 7.11 Å². The van der Waals surface area contributed by atoms with Crippen LogP contribution in [-0.2, 0) is 30.3 Å². The number of Topliss-reactive ketones (excluding diaryl/α,β-unsaturated/α-hetero) is 1. The van der Waals surface area contributed by atoms with Crippen LogP contribution < -0.4 is 10.6 Å². The summed E-state index contributed by atoms with van der Waals surface area (Å²) in [5, 5.41) is 5.01. The minimum absolute atomic E-state index is 0.0943. The summed E-state index contributed by atoms with van der Waals surface area (Å²) in [5.74, 6) is -2.24. The maximum Gasteiger partial charge on any atom is 0.328 e. The van der Waals surface area contributed by atoms with Crippen molar-refractivity contribution in [2.45, 2.75) is 45.2 Å². The first-order valence-electron chi connectivity index (χ1n) is 8.12. The molecular formula is C18H23FN2O5. The van der Waals surface area contributed by atoms with Gasteiger partial charge in [0.15, 0.2) is 0 Å². The fourth-order valence-electron chi connectivity index (χ4n) is 2.32. The molecule has 8 heteroatoms. The second-order valence-corrected chi connectivity index (χ2v) is 5.91. The lowest BCUT2D eigenvalue weighted by Gasteiger charge is -2.22. The molecule has 0 aliphatic rings. The smallest absolute Gasteiger partial charge is 0.328 e. The predicted molar refractivity (Wildman–Crippen MR) is 91.6 cm³/mol. The van der Waals surface area contributed by atoms with Gasteiger partial charge in [-0.25, -0.2) is 9.18 Å². The molecule has 0 bridgehead atoms. The van der Waals surface area contributed by atoms with Crippen LogP contribution in [0.3, 0.4) is 0 Å². The lowest BCUT2D eigenvalue weighted by Crippen LogP contribution is -2.52. The maximum atomic E-state index is 13.0. The molecule has 2 atom stereocenters. The van der Waals surface area contributed by atoms with Crippen molar-refractivity contribution in [3.05, 3.63) is 35.6 Å². The average molecular weight is 366 g/mol. The Kier molecular flexibility index (Phi) is 8.41. The quantitative estimate of drug-likeness (QED) is 0.633. The lowest BCUT2D eigenvalue weighted by molar-refractivity contribution is -0.145. The van der Waals surface area contributed by atoms with Crippen LogP contribution in [0.2, 0.25) is 0 Å². The molecule has 1 aromatic carbocycles. The molecule has 0 radical (unpaired) electrons. The molecule has 7 nitrogen and oxygen atoms in total. The van der Waals surface area contributed by atoms with E-state index < -0.39 is 35.7 Å². The first-order chi connectivity index (χ1) is 12.2. The number of amides is 2. The van der Waals surface area contributed by atoms with E-state index in [1.54, 1.807) is 0 Å². The van der Waals surface area contributed by atoms with Crippen molar-refractivity contribution in [3.8, 4) is 0 Å². The van der Waals surface area contributed by atoms with Gasteiger partial charge in [0.2, 0.25) is 11.8 Å². The third kappa shape index (κ3) is 7.42. The average Bonchev–Trinajstić information content (AvgIpc) is 2.58. The van der Waals surface area contributed by atoms with E-state index >= 15 is 0 Å². The van der Waals surface area contributed by atoms with E-state index in [2.05, 4.69) is 15.4 Å². The third-order valence-corrected chi connectivity index (χ3v) is 3.63. The lowest BCUT2D eigenvalue weighted by atomic mass is 10.0. The van der Waals surface area contributed by atoms with Crippen LogP contribution in [0.4, 0.5) is 4.39 Å². The van der Waals surface area contributed by atoms with Gasteiger partial charge < -0.3 is 20.2 Å². The van der Waals surface area contributed by atoms with Crippen LogP contribution >= 0.6 is 0 Å². The molecule has 2 amide bonds. The van der Waals surface area contributed by atoms with E-state index in [1.165, 1.54) is 45.2 Å². The third-order valence-electron chi connectivity index (χ3n) is 3.63.